The molecule has 4 heteroatoms. The topological polar surface area (TPSA) is 49.8 Å². The Labute approximate surface area is 152 Å². The molecule has 1 aromatic rings. The van der Waals surface area contributed by atoms with Crippen LogP contribution in [-0.2, 0) is 11.3 Å². The third-order valence-corrected chi connectivity index (χ3v) is 3.66. The van der Waals surface area contributed by atoms with Crippen LogP contribution < -0.4 is 0 Å². The third kappa shape index (κ3) is 9.92. The standard InChI is InChI=1S/C21H33NO3/c1-5-6-8-14-19(23)15-11-16-22(20(24)25-21(2,3)4)17-18-12-9-7-10-13-18/h7,9-13,15,19,23H,5-6,8,14,16-17H2,1-4H3/b15-11+/t19-/m0/s1. The van der Waals surface area contributed by atoms with Gasteiger partial charge in [-0.25, -0.2) is 4.79 Å². The van der Waals surface area contributed by atoms with Gasteiger partial charge in [0.1, 0.15) is 5.60 Å². The molecule has 0 aliphatic carbocycles. The first-order valence-corrected chi connectivity index (χ1v) is 9.18. The van der Waals surface area contributed by atoms with Gasteiger partial charge in [-0.1, -0.05) is 68.7 Å². The molecule has 0 unspecified atom stereocenters. The molecule has 0 aliphatic heterocycles. The average molecular weight is 347 g/mol. The summed E-state index contributed by atoms with van der Waals surface area (Å²) in [4.78, 5) is 14.1. The number of carbonyl (C=O) groups excluding carboxylic acids is 1. The van der Waals surface area contributed by atoms with E-state index in [1.807, 2.05) is 57.2 Å². The van der Waals surface area contributed by atoms with Gasteiger partial charge < -0.3 is 14.7 Å². The second kappa shape index (κ2) is 10.9. The number of hydrogen-bond acceptors (Lipinski definition) is 3. The van der Waals surface area contributed by atoms with Gasteiger partial charge in [0.25, 0.3) is 0 Å². The molecule has 0 heterocycles. The summed E-state index contributed by atoms with van der Waals surface area (Å²) in [6.45, 7) is 8.61. The number of aliphatic hydroxyl groups is 1. The fourth-order valence-electron chi connectivity index (χ4n) is 2.38. The lowest BCUT2D eigenvalue weighted by atomic mass is 10.1. The van der Waals surface area contributed by atoms with Crippen molar-refractivity contribution in [2.45, 2.75) is 71.6 Å². The number of aliphatic hydroxyl groups excluding tert-OH is 1. The Morgan fingerprint density at radius 1 is 1.24 bits per heavy atom. The maximum absolute atomic E-state index is 12.5. The van der Waals surface area contributed by atoms with Crippen molar-refractivity contribution >= 4 is 6.09 Å². The lowest BCUT2D eigenvalue weighted by Crippen LogP contribution is -2.36. The zero-order valence-corrected chi connectivity index (χ0v) is 16.1. The minimum Gasteiger partial charge on any atom is -0.444 e. The highest BCUT2D eigenvalue weighted by Gasteiger charge is 2.21. The minimum absolute atomic E-state index is 0.346. The molecule has 4 nitrogen and oxygen atoms in total. The van der Waals surface area contributed by atoms with Gasteiger partial charge in [-0.2, -0.15) is 0 Å². The fourth-order valence-corrected chi connectivity index (χ4v) is 2.38. The molecule has 1 N–H and O–H groups in total. The maximum Gasteiger partial charge on any atom is 0.410 e. The van der Waals surface area contributed by atoms with Crippen LogP contribution in [0.25, 0.3) is 0 Å². The van der Waals surface area contributed by atoms with Crippen molar-refractivity contribution in [2.75, 3.05) is 6.54 Å². The first-order chi connectivity index (χ1) is 11.8. The van der Waals surface area contributed by atoms with Crippen molar-refractivity contribution in [3.05, 3.63) is 48.0 Å². The number of unbranched alkanes of at least 4 members (excludes halogenated alkanes) is 2. The first kappa shape index (κ1) is 21.2. The van der Waals surface area contributed by atoms with Crippen molar-refractivity contribution in [1.29, 1.82) is 0 Å². The third-order valence-electron chi connectivity index (χ3n) is 3.66. The zero-order valence-electron chi connectivity index (χ0n) is 16.1. The van der Waals surface area contributed by atoms with Crippen molar-refractivity contribution in [1.82, 2.24) is 4.90 Å². The molecule has 0 saturated carbocycles. The number of hydrogen-bond donors (Lipinski definition) is 1. The molecule has 0 aliphatic rings. The number of nitrogens with zero attached hydrogens (tertiary/aromatic N) is 1. The van der Waals surface area contributed by atoms with Crippen LogP contribution in [0.5, 0.6) is 0 Å². The lowest BCUT2D eigenvalue weighted by molar-refractivity contribution is 0.0256. The van der Waals surface area contributed by atoms with Crippen LogP contribution in [-0.4, -0.2) is 34.3 Å². The summed E-state index contributed by atoms with van der Waals surface area (Å²) in [7, 11) is 0. The van der Waals surface area contributed by atoms with Crippen LogP contribution in [0.15, 0.2) is 42.5 Å². The van der Waals surface area contributed by atoms with Crippen molar-refractivity contribution < 1.29 is 14.6 Å². The molecule has 0 bridgehead atoms. The lowest BCUT2D eigenvalue weighted by Gasteiger charge is -2.27. The van der Waals surface area contributed by atoms with Crippen LogP contribution in [0, 0.1) is 0 Å². The SMILES string of the molecule is CCCCC[C@H](O)/C=C/CN(Cc1ccccc1)C(=O)OC(C)(C)C. The Morgan fingerprint density at radius 2 is 1.92 bits per heavy atom. The molecule has 140 valence electrons. The summed E-state index contributed by atoms with van der Waals surface area (Å²) >= 11 is 0. The predicted octanol–water partition coefficient (Wildman–Crippen LogP) is 4.92. The molecule has 0 radical (unpaired) electrons. The van der Waals surface area contributed by atoms with E-state index in [1.165, 1.54) is 0 Å². The Morgan fingerprint density at radius 3 is 2.52 bits per heavy atom. The Balaban J connectivity index is 2.65. The van der Waals surface area contributed by atoms with Gasteiger partial charge in [0, 0.05) is 13.1 Å². The monoisotopic (exact) mass is 347 g/mol. The molecule has 1 aromatic carbocycles. The summed E-state index contributed by atoms with van der Waals surface area (Å²) in [5, 5.41) is 9.98. The van der Waals surface area contributed by atoms with E-state index < -0.39 is 11.7 Å². The second-order valence-electron chi connectivity index (χ2n) is 7.34. The summed E-state index contributed by atoms with van der Waals surface area (Å²) in [6, 6.07) is 9.83. The van der Waals surface area contributed by atoms with Crippen LogP contribution in [0.1, 0.15) is 58.9 Å². The minimum atomic E-state index is -0.532. The van der Waals surface area contributed by atoms with Gasteiger partial charge in [-0.15, -0.1) is 0 Å². The molecule has 0 aromatic heterocycles. The van der Waals surface area contributed by atoms with Gasteiger partial charge in [0.05, 0.1) is 6.10 Å². The molecule has 0 saturated heterocycles. The van der Waals surface area contributed by atoms with E-state index in [0.717, 1.165) is 31.2 Å². The summed E-state index contributed by atoms with van der Waals surface area (Å²) in [6.07, 6.45) is 6.87. The Kier molecular flexibility index (Phi) is 9.28. The highest BCUT2D eigenvalue weighted by Crippen LogP contribution is 2.13. The molecular formula is C21H33NO3. The van der Waals surface area contributed by atoms with Gasteiger partial charge in [0.15, 0.2) is 0 Å². The van der Waals surface area contributed by atoms with E-state index in [1.54, 1.807) is 11.0 Å². The molecule has 0 spiro atoms. The van der Waals surface area contributed by atoms with E-state index in [0.29, 0.717) is 13.1 Å². The van der Waals surface area contributed by atoms with Gasteiger partial charge in [-0.05, 0) is 32.8 Å². The zero-order chi connectivity index (χ0) is 18.7. The van der Waals surface area contributed by atoms with Crippen LogP contribution >= 0.6 is 0 Å². The highest BCUT2D eigenvalue weighted by atomic mass is 16.6. The number of rotatable bonds is 9. The summed E-state index contributed by atoms with van der Waals surface area (Å²) < 4.78 is 5.50. The Hall–Kier alpha value is -1.81. The number of amides is 1. The summed E-state index contributed by atoms with van der Waals surface area (Å²) in [5.41, 5.74) is 0.514. The molecule has 25 heavy (non-hydrogen) atoms. The van der Waals surface area contributed by atoms with Crippen molar-refractivity contribution in [3.63, 3.8) is 0 Å². The van der Waals surface area contributed by atoms with Crippen LogP contribution in [0.3, 0.4) is 0 Å². The number of carbonyl (C=O) groups is 1. The van der Waals surface area contributed by atoms with E-state index in [2.05, 4.69) is 6.92 Å². The Bertz CT molecular complexity index is 520. The first-order valence-electron chi connectivity index (χ1n) is 9.18. The van der Waals surface area contributed by atoms with Crippen LogP contribution in [0.4, 0.5) is 4.79 Å². The highest BCUT2D eigenvalue weighted by molar-refractivity contribution is 5.68. The number of ether oxygens (including phenoxy) is 1. The second-order valence-corrected chi connectivity index (χ2v) is 7.34. The molecule has 0 fully saturated rings. The summed E-state index contributed by atoms with van der Waals surface area (Å²) in [5.74, 6) is 0. The molecular weight excluding hydrogens is 314 g/mol. The van der Waals surface area contributed by atoms with E-state index in [4.69, 9.17) is 4.74 Å². The molecule has 1 rings (SSSR count). The molecule has 1 amide bonds. The van der Waals surface area contributed by atoms with E-state index in [-0.39, 0.29) is 6.09 Å². The fraction of sp³-hybridized carbons (Fsp3) is 0.571. The van der Waals surface area contributed by atoms with Gasteiger partial charge in [0.2, 0.25) is 0 Å². The smallest absolute Gasteiger partial charge is 0.410 e. The van der Waals surface area contributed by atoms with Gasteiger partial charge in [-0.3, -0.25) is 0 Å². The quantitative estimate of drug-likeness (QED) is 0.509. The normalized spacial score (nSPS) is 13.0. The van der Waals surface area contributed by atoms with Gasteiger partial charge >= 0.3 is 6.09 Å². The molecule has 1 atom stereocenters. The largest absolute Gasteiger partial charge is 0.444 e. The maximum atomic E-state index is 12.5. The van der Waals surface area contributed by atoms with Crippen molar-refractivity contribution in [3.8, 4) is 0 Å². The van der Waals surface area contributed by atoms with Crippen molar-refractivity contribution in [2.24, 2.45) is 0 Å². The van der Waals surface area contributed by atoms with E-state index >= 15 is 0 Å². The predicted molar refractivity (Wildman–Crippen MR) is 102 cm³/mol. The number of benzene rings is 1. The average Bonchev–Trinajstić information content (AvgIpc) is 2.53. The van der Waals surface area contributed by atoms with E-state index in [9.17, 15) is 9.90 Å². The van der Waals surface area contributed by atoms with Crippen LogP contribution in [0.2, 0.25) is 0 Å².